The zero-order valence-corrected chi connectivity index (χ0v) is 15.0. The van der Waals surface area contributed by atoms with E-state index in [-0.39, 0.29) is 33.0 Å². The van der Waals surface area contributed by atoms with E-state index >= 15 is 0 Å². The van der Waals surface area contributed by atoms with E-state index in [1.54, 1.807) is 30.3 Å². The van der Waals surface area contributed by atoms with Crippen LogP contribution in [0.5, 0.6) is 23.0 Å². The van der Waals surface area contributed by atoms with Crippen LogP contribution >= 0.6 is 23.2 Å². The van der Waals surface area contributed by atoms with Gasteiger partial charge in [0, 0.05) is 22.8 Å². The normalized spacial score (nSPS) is 19.1. The summed E-state index contributed by atoms with van der Waals surface area (Å²) in [5, 5.41) is 20.1. The Morgan fingerprint density at radius 3 is 2.48 bits per heavy atom. The molecule has 134 valence electrons. The number of hydrogen-bond acceptors (Lipinski definition) is 5. The molecule has 5 nitrogen and oxygen atoms in total. The van der Waals surface area contributed by atoms with Crippen molar-refractivity contribution in [3.8, 4) is 23.0 Å². The molecule has 2 aliphatic rings. The fraction of sp³-hybridized carbons (Fsp3) is 0.0500. The number of esters is 1. The SMILES string of the molecule is O=C1OC2(c3cc(Cl)c(O)cc3Oc3c2ccc(O)c3Cl)c2ccccc21. The first kappa shape index (κ1) is 16.3. The number of hydrogen-bond donors (Lipinski definition) is 2. The molecular formula is C20H10Cl2O5. The van der Waals surface area contributed by atoms with Crippen LogP contribution in [0.15, 0.2) is 48.5 Å². The van der Waals surface area contributed by atoms with Crippen molar-refractivity contribution < 1.29 is 24.5 Å². The molecule has 1 unspecified atom stereocenters. The van der Waals surface area contributed by atoms with E-state index < -0.39 is 11.6 Å². The lowest BCUT2D eigenvalue weighted by molar-refractivity contribution is 0.0224. The molecule has 2 N–H and O–H groups in total. The van der Waals surface area contributed by atoms with Crippen molar-refractivity contribution in [1.29, 1.82) is 0 Å². The van der Waals surface area contributed by atoms with Gasteiger partial charge in [0.05, 0.1) is 10.6 Å². The maximum atomic E-state index is 12.6. The third kappa shape index (κ3) is 1.98. The Bertz CT molecular complexity index is 1150. The van der Waals surface area contributed by atoms with E-state index in [4.69, 9.17) is 32.7 Å². The molecule has 1 atom stereocenters. The van der Waals surface area contributed by atoms with Crippen LogP contribution in [-0.4, -0.2) is 16.2 Å². The van der Waals surface area contributed by atoms with Crippen LogP contribution < -0.4 is 4.74 Å². The van der Waals surface area contributed by atoms with Gasteiger partial charge in [-0.05, 0) is 24.3 Å². The van der Waals surface area contributed by atoms with Crippen molar-refractivity contribution in [2.24, 2.45) is 0 Å². The van der Waals surface area contributed by atoms with E-state index in [2.05, 4.69) is 0 Å². The number of fused-ring (bicyclic) bond motifs is 6. The Morgan fingerprint density at radius 2 is 1.67 bits per heavy atom. The molecule has 0 aliphatic carbocycles. The summed E-state index contributed by atoms with van der Waals surface area (Å²) in [4.78, 5) is 12.6. The highest BCUT2D eigenvalue weighted by atomic mass is 35.5. The van der Waals surface area contributed by atoms with Crippen molar-refractivity contribution in [1.82, 2.24) is 0 Å². The van der Waals surface area contributed by atoms with Gasteiger partial charge < -0.3 is 19.7 Å². The van der Waals surface area contributed by atoms with Crippen LogP contribution in [0.2, 0.25) is 10.0 Å². The zero-order chi connectivity index (χ0) is 18.9. The molecule has 0 amide bonds. The highest BCUT2D eigenvalue weighted by Crippen LogP contribution is 2.59. The fourth-order valence-corrected chi connectivity index (χ4v) is 4.06. The van der Waals surface area contributed by atoms with E-state index in [0.29, 0.717) is 22.3 Å². The van der Waals surface area contributed by atoms with E-state index in [1.165, 1.54) is 18.2 Å². The maximum Gasteiger partial charge on any atom is 0.340 e. The summed E-state index contributed by atoms with van der Waals surface area (Å²) in [6.07, 6.45) is 0. The van der Waals surface area contributed by atoms with Crippen LogP contribution in [-0.2, 0) is 10.3 Å². The van der Waals surface area contributed by atoms with E-state index in [1.807, 2.05) is 0 Å². The predicted octanol–water partition coefficient (Wildman–Crippen LogP) is 4.97. The van der Waals surface area contributed by atoms with Crippen LogP contribution in [0.1, 0.15) is 27.0 Å². The first-order valence-corrected chi connectivity index (χ1v) is 8.74. The molecule has 0 fully saturated rings. The Labute approximate surface area is 163 Å². The molecule has 1 spiro atoms. The molecule has 27 heavy (non-hydrogen) atoms. The van der Waals surface area contributed by atoms with Crippen LogP contribution in [0.4, 0.5) is 0 Å². The number of rotatable bonds is 0. The van der Waals surface area contributed by atoms with Gasteiger partial charge >= 0.3 is 5.97 Å². The lowest BCUT2D eigenvalue weighted by Gasteiger charge is -2.37. The van der Waals surface area contributed by atoms with Gasteiger partial charge in [0.1, 0.15) is 22.3 Å². The monoisotopic (exact) mass is 400 g/mol. The Hall–Kier alpha value is -2.89. The van der Waals surface area contributed by atoms with Crippen LogP contribution in [0.25, 0.3) is 0 Å². The van der Waals surface area contributed by atoms with Gasteiger partial charge in [-0.2, -0.15) is 0 Å². The van der Waals surface area contributed by atoms with Gasteiger partial charge in [0.2, 0.25) is 0 Å². The summed E-state index contributed by atoms with van der Waals surface area (Å²) in [6.45, 7) is 0. The minimum Gasteiger partial charge on any atom is -0.506 e. The first-order valence-electron chi connectivity index (χ1n) is 7.99. The average Bonchev–Trinajstić information content (AvgIpc) is 2.95. The smallest absolute Gasteiger partial charge is 0.340 e. The fourth-order valence-electron chi connectivity index (χ4n) is 3.70. The predicted molar refractivity (Wildman–Crippen MR) is 98.0 cm³/mol. The Balaban J connectivity index is 1.95. The minimum atomic E-state index is -1.36. The lowest BCUT2D eigenvalue weighted by atomic mass is 9.77. The zero-order valence-electron chi connectivity index (χ0n) is 13.5. The molecular weight excluding hydrogens is 391 g/mol. The maximum absolute atomic E-state index is 12.6. The largest absolute Gasteiger partial charge is 0.506 e. The van der Waals surface area contributed by atoms with Crippen molar-refractivity contribution in [3.63, 3.8) is 0 Å². The molecule has 0 saturated heterocycles. The number of carbonyl (C=O) groups is 1. The van der Waals surface area contributed by atoms with Crippen molar-refractivity contribution in [2.45, 2.75) is 5.60 Å². The van der Waals surface area contributed by atoms with Gasteiger partial charge in [0.25, 0.3) is 0 Å². The molecule has 2 aliphatic heterocycles. The Morgan fingerprint density at radius 1 is 0.889 bits per heavy atom. The van der Waals surface area contributed by atoms with Crippen molar-refractivity contribution in [2.75, 3.05) is 0 Å². The third-order valence-corrected chi connectivity index (χ3v) is 5.54. The first-order chi connectivity index (χ1) is 12.9. The summed E-state index contributed by atoms with van der Waals surface area (Å²) >= 11 is 12.4. The molecule has 0 radical (unpaired) electrons. The molecule has 2 heterocycles. The number of ether oxygens (including phenoxy) is 2. The number of aromatic hydroxyl groups is 2. The second kappa shape index (κ2) is 5.31. The third-order valence-electron chi connectivity index (χ3n) is 4.87. The molecule has 3 aromatic carbocycles. The molecule has 0 aromatic heterocycles. The van der Waals surface area contributed by atoms with Crippen LogP contribution in [0, 0.1) is 0 Å². The van der Waals surface area contributed by atoms with E-state index in [9.17, 15) is 15.0 Å². The molecule has 7 heteroatoms. The second-order valence-electron chi connectivity index (χ2n) is 6.29. The highest BCUT2D eigenvalue weighted by Gasteiger charge is 2.54. The van der Waals surface area contributed by atoms with Crippen molar-refractivity contribution >= 4 is 29.2 Å². The van der Waals surface area contributed by atoms with E-state index in [0.717, 1.165) is 0 Å². The summed E-state index contributed by atoms with van der Waals surface area (Å²) in [5.74, 6) is -0.498. The number of phenolic OH excluding ortho intramolecular Hbond substituents is 2. The quantitative estimate of drug-likeness (QED) is 0.520. The topological polar surface area (TPSA) is 76.0 Å². The van der Waals surface area contributed by atoms with Gasteiger partial charge in [-0.15, -0.1) is 0 Å². The van der Waals surface area contributed by atoms with Crippen LogP contribution in [0.3, 0.4) is 0 Å². The number of carbonyl (C=O) groups excluding carboxylic acids is 1. The number of halogens is 2. The summed E-state index contributed by atoms with van der Waals surface area (Å²) < 4.78 is 11.8. The number of benzene rings is 3. The molecule has 3 aromatic rings. The highest BCUT2D eigenvalue weighted by molar-refractivity contribution is 6.34. The molecule has 0 bridgehead atoms. The van der Waals surface area contributed by atoms with Gasteiger partial charge in [-0.25, -0.2) is 4.79 Å². The van der Waals surface area contributed by atoms with Gasteiger partial charge in [0.15, 0.2) is 11.4 Å². The summed E-state index contributed by atoms with van der Waals surface area (Å²) in [7, 11) is 0. The average molecular weight is 401 g/mol. The Kier molecular flexibility index (Phi) is 3.21. The second-order valence-corrected chi connectivity index (χ2v) is 7.08. The lowest BCUT2D eigenvalue weighted by Crippen LogP contribution is -2.33. The number of phenols is 2. The summed E-state index contributed by atoms with van der Waals surface area (Å²) in [5.41, 5.74) is 0.565. The standard InChI is InChI=1S/C20H10Cl2O5/c21-13-7-12-16(8-15(13)24)26-18-11(5-6-14(23)17(18)22)20(12)10-4-2-1-3-9(10)19(25)27-20/h1-8,23-24H. The van der Waals surface area contributed by atoms with Crippen molar-refractivity contribution in [3.05, 3.63) is 80.8 Å². The van der Waals surface area contributed by atoms with Gasteiger partial charge in [-0.1, -0.05) is 41.4 Å². The molecule has 5 rings (SSSR count). The molecule has 0 saturated carbocycles. The van der Waals surface area contributed by atoms with Gasteiger partial charge in [-0.3, -0.25) is 0 Å². The minimum absolute atomic E-state index is 0.0209. The summed E-state index contributed by atoms with van der Waals surface area (Å²) in [6, 6.07) is 12.8.